The zero-order valence-electron chi connectivity index (χ0n) is 12.4. The molecule has 1 fully saturated rings. The lowest BCUT2D eigenvalue weighted by molar-refractivity contribution is 0.193. The molecule has 0 amide bonds. The Hall–Kier alpha value is -0.340. The van der Waals surface area contributed by atoms with Gasteiger partial charge in [-0.25, -0.2) is 0 Å². The molecule has 1 aliphatic rings. The molecule has 2 atom stereocenters. The Kier molecular flexibility index (Phi) is 5.47. The molecular weight excluding hydrogens is 298 g/mol. The van der Waals surface area contributed by atoms with Crippen LogP contribution in [0.2, 0.25) is 0 Å². The summed E-state index contributed by atoms with van der Waals surface area (Å²) in [6.45, 7) is 5.56. The molecule has 0 aliphatic heterocycles. The van der Waals surface area contributed by atoms with Gasteiger partial charge in [-0.1, -0.05) is 66.9 Å². The highest BCUT2D eigenvalue weighted by Crippen LogP contribution is 2.28. The second kappa shape index (κ2) is 6.90. The van der Waals surface area contributed by atoms with Crippen molar-refractivity contribution in [1.29, 1.82) is 0 Å². The van der Waals surface area contributed by atoms with Gasteiger partial charge in [0.05, 0.1) is 0 Å². The molecule has 0 saturated heterocycles. The van der Waals surface area contributed by atoms with Gasteiger partial charge in [0.25, 0.3) is 0 Å². The van der Waals surface area contributed by atoms with Crippen LogP contribution in [0.15, 0.2) is 24.3 Å². The average molecular weight is 324 g/mol. The fourth-order valence-electron chi connectivity index (χ4n) is 2.98. The molecule has 0 aromatic heterocycles. The lowest BCUT2D eigenvalue weighted by Gasteiger charge is -2.35. The van der Waals surface area contributed by atoms with Crippen molar-refractivity contribution < 1.29 is 0 Å². The highest BCUT2D eigenvalue weighted by atomic mass is 79.9. The second-order valence-electron chi connectivity index (χ2n) is 6.18. The van der Waals surface area contributed by atoms with Crippen LogP contribution in [0, 0.1) is 0 Å². The van der Waals surface area contributed by atoms with Gasteiger partial charge in [-0.05, 0) is 36.9 Å². The molecule has 1 aromatic carbocycles. The molecule has 0 N–H and O–H groups in total. The first-order valence-corrected chi connectivity index (χ1v) is 8.42. The summed E-state index contributed by atoms with van der Waals surface area (Å²) in [7, 11) is 2.26. The fourth-order valence-corrected chi connectivity index (χ4v) is 3.97. The van der Waals surface area contributed by atoms with Crippen molar-refractivity contribution in [3.8, 4) is 0 Å². The minimum Gasteiger partial charge on any atom is -0.298 e. The van der Waals surface area contributed by atoms with Crippen LogP contribution >= 0.6 is 15.9 Å². The lowest BCUT2D eigenvalue weighted by atomic mass is 9.94. The Morgan fingerprint density at radius 2 is 1.79 bits per heavy atom. The summed E-state index contributed by atoms with van der Waals surface area (Å²) in [5, 5.41) is 0. The number of hydrogen-bond donors (Lipinski definition) is 0. The maximum absolute atomic E-state index is 3.86. The first-order chi connectivity index (χ1) is 9.08. The summed E-state index contributed by atoms with van der Waals surface area (Å²) in [6, 6.07) is 9.83. The number of alkyl halides is 1. The van der Waals surface area contributed by atoms with Gasteiger partial charge in [0.1, 0.15) is 0 Å². The van der Waals surface area contributed by atoms with Crippen molar-refractivity contribution in [2.45, 2.75) is 62.9 Å². The molecule has 0 spiro atoms. The zero-order valence-corrected chi connectivity index (χ0v) is 14.0. The third-order valence-corrected chi connectivity index (χ3v) is 5.36. The Bertz CT molecular complexity index is 385. The van der Waals surface area contributed by atoms with Crippen molar-refractivity contribution in [3.63, 3.8) is 0 Å². The SMILES string of the molecule is CC(C)c1ccc(CN(C)C2CCCCC2Br)cc1. The number of halogens is 1. The zero-order chi connectivity index (χ0) is 13.8. The minimum absolute atomic E-state index is 0.622. The standard InChI is InChI=1S/C17H26BrN/c1-13(2)15-10-8-14(9-11-15)12-19(3)17-7-5-4-6-16(17)18/h8-11,13,16-17H,4-7,12H2,1-3H3. The molecule has 19 heavy (non-hydrogen) atoms. The van der Waals surface area contributed by atoms with Crippen LogP contribution in [0.25, 0.3) is 0 Å². The van der Waals surface area contributed by atoms with Crippen molar-refractivity contribution in [1.82, 2.24) is 4.90 Å². The highest BCUT2D eigenvalue weighted by molar-refractivity contribution is 9.09. The first-order valence-electron chi connectivity index (χ1n) is 7.51. The summed E-state index contributed by atoms with van der Waals surface area (Å²) in [5.74, 6) is 0.622. The van der Waals surface area contributed by atoms with Crippen LogP contribution in [-0.2, 0) is 6.54 Å². The van der Waals surface area contributed by atoms with E-state index >= 15 is 0 Å². The molecule has 2 heteroatoms. The summed E-state index contributed by atoms with van der Waals surface area (Å²) >= 11 is 3.86. The van der Waals surface area contributed by atoms with E-state index < -0.39 is 0 Å². The van der Waals surface area contributed by atoms with Crippen LogP contribution in [0.1, 0.15) is 56.6 Å². The van der Waals surface area contributed by atoms with Crippen LogP contribution < -0.4 is 0 Å². The molecule has 0 radical (unpaired) electrons. The predicted molar refractivity (Wildman–Crippen MR) is 87.0 cm³/mol. The fraction of sp³-hybridized carbons (Fsp3) is 0.647. The van der Waals surface area contributed by atoms with E-state index in [0.717, 1.165) is 6.54 Å². The summed E-state index contributed by atoms with van der Waals surface area (Å²) in [4.78, 5) is 3.18. The molecule has 2 unspecified atom stereocenters. The quantitative estimate of drug-likeness (QED) is 0.709. The van der Waals surface area contributed by atoms with Crippen molar-refractivity contribution in [3.05, 3.63) is 35.4 Å². The number of rotatable bonds is 4. The van der Waals surface area contributed by atoms with Gasteiger partial charge in [0, 0.05) is 17.4 Å². The molecule has 1 aromatic rings. The van der Waals surface area contributed by atoms with Gasteiger partial charge in [-0.3, -0.25) is 4.90 Å². The second-order valence-corrected chi connectivity index (χ2v) is 7.36. The van der Waals surface area contributed by atoms with Gasteiger partial charge >= 0.3 is 0 Å². The van der Waals surface area contributed by atoms with Crippen LogP contribution in [0.4, 0.5) is 0 Å². The molecule has 106 valence electrons. The van der Waals surface area contributed by atoms with E-state index in [1.165, 1.54) is 36.8 Å². The lowest BCUT2D eigenvalue weighted by Crippen LogP contribution is -2.40. The van der Waals surface area contributed by atoms with E-state index in [9.17, 15) is 0 Å². The molecule has 1 saturated carbocycles. The summed E-state index contributed by atoms with van der Waals surface area (Å²) in [6.07, 6.45) is 5.41. The maximum Gasteiger partial charge on any atom is 0.0301 e. The van der Waals surface area contributed by atoms with Crippen LogP contribution in [0.3, 0.4) is 0 Å². The van der Waals surface area contributed by atoms with Crippen molar-refractivity contribution >= 4 is 15.9 Å². The topological polar surface area (TPSA) is 3.24 Å². The third kappa shape index (κ3) is 4.06. The third-order valence-electron chi connectivity index (χ3n) is 4.29. The van der Waals surface area contributed by atoms with Crippen LogP contribution in [0.5, 0.6) is 0 Å². The molecular formula is C17H26BrN. The Morgan fingerprint density at radius 3 is 2.37 bits per heavy atom. The van der Waals surface area contributed by atoms with Crippen LogP contribution in [-0.4, -0.2) is 22.8 Å². The average Bonchev–Trinajstić information content (AvgIpc) is 2.39. The molecule has 0 bridgehead atoms. The normalized spacial score (nSPS) is 24.1. The van der Waals surface area contributed by atoms with Gasteiger partial charge in [-0.15, -0.1) is 0 Å². The largest absolute Gasteiger partial charge is 0.298 e. The monoisotopic (exact) mass is 323 g/mol. The van der Waals surface area contributed by atoms with E-state index in [1.54, 1.807) is 0 Å². The van der Waals surface area contributed by atoms with E-state index in [-0.39, 0.29) is 0 Å². The van der Waals surface area contributed by atoms with Gasteiger partial charge in [0.2, 0.25) is 0 Å². The first kappa shape index (κ1) is 15.1. The summed E-state index contributed by atoms with van der Waals surface area (Å²) in [5.41, 5.74) is 2.86. The summed E-state index contributed by atoms with van der Waals surface area (Å²) < 4.78 is 0. The van der Waals surface area contributed by atoms with E-state index in [0.29, 0.717) is 16.8 Å². The van der Waals surface area contributed by atoms with E-state index in [1.807, 2.05) is 0 Å². The highest BCUT2D eigenvalue weighted by Gasteiger charge is 2.26. The Labute approximate surface area is 126 Å². The van der Waals surface area contributed by atoms with Crippen molar-refractivity contribution in [2.75, 3.05) is 7.05 Å². The molecule has 1 aliphatic carbocycles. The Balaban J connectivity index is 1.96. The molecule has 1 nitrogen and oxygen atoms in total. The molecule has 0 heterocycles. The predicted octanol–water partition coefficient (Wildman–Crippen LogP) is 4.95. The van der Waals surface area contributed by atoms with E-state index in [2.05, 4.69) is 66.0 Å². The minimum atomic E-state index is 0.622. The smallest absolute Gasteiger partial charge is 0.0301 e. The Morgan fingerprint density at radius 1 is 1.16 bits per heavy atom. The van der Waals surface area contributed by atoms with Gasteiger partial charge < -0.3 is 0 Å². The van der Waals surface area contributed by atoms with E-state index in [4.69, 9.17) is 0 Å². The number of nitrogens with zero attached hydrogens (tertiary/aromatic N) is 1. The van der Waals surface area contributed by atoms with Gasteiger partial charge in [0.15, 0.2) is 0 Å². The number of hydrogen-bond acceptors (Lipinski definition) is 1. The maximum atomic E-state index is 3.86. The number of benzene rings is 1. The van der Waals surface area contributed by atoms with Gasteiger partial charge in [-0.2, -0.15) is 0 Å². The van der Waals surface area contributed by atoms with Crippen molar-refractivity contribution in [2.24, 2.45) is 0 Å². The molecule has 2 rings (SSSR count).